The summed E-state index contributed by atoms with van der Waals surface area (Å²) in [6, 6.07) is 15.8. The third-order valence-electron chi connectivity index (χ3n) is 4.59. The van der Waals surface area contributed by atoms with Crippen LogP contribution in [0, 0.1) is 5.92 Å². The summed E-state index contributed by atoms with van der Waals surface area (Å²) in [5.41, 5.74) is 3.12. The van der Waals surface area contributed by atoms with E-state index in [1.165, 1.54) is 17.3 Å². The van der Waals surface area contributed by atoms with E-state index in [1.807, 2.05) is 31.2 Å². The molecule has 8 heteroatoms. The molecule has 158 valence electrons. The van der Waals surface area contributed by atoms with Crippen LogP contribution < -0.4 is 10.1 Å². The predicted molar refractivity (Wildman–Crippen MR) is 118 cm³/mol. The van der Waals surface area contributed by atoms with E-state index in [0.29, 0.717) is 16.8 Å². The van der Waals surface area contributed by atoms with Crippen molar-refractivity contribution in [1.82, 2.24) is 25.5 Å². The molecule has 7 nitrogen and oxygen atoms in total. The predicted octanol–water partition coefficient (Wildman–Crippen LogP) is 3.84. The molecule has 0 saturated carbocycles. The number of tetrazole rings is 1. The second kappa shape index (κ2) is 10.2. The van der Waals surface area contributed by atoms with Crippen molar-refractivity contribution >= 4 is 17.7 Å². The van der Waals surface area contributed by atoms with E-state index < -0.39 is 0 Å². The first-order chi connectivity index (χ1) is 14.5. The van der Waals surface area contributed by atoms with E-state index in [0.717, 1.165) is 17.7 Å². The lowest BCUT2D eigenvalue weighted by Crippen LogP contribution is -2.28. The zero-order chi connectivity index (χ0) is 21.5. The zero-order valence-corrected chi connectivity index (χ0v) is 18.5. The van der Waals surface area contributed by atoms with Gasteiger partial charge in [-0.25, -0.2) is 0 Å². The number of thioether (sulfide) groups is 1. The largest absolute Gasteiger partial charge is 0.494 e. The highest BCUT2D eigenvalue weighted by Crippen LogP contribution is 2.25. The number of methoxy groups -OCH3 is 1. The molecule has 2 aromatic carbocycles. The van der Waals surface area contributed by atoms with E-state index in [-0.39, 0.29) is 17.7 Å². The molecule has 30 heavy (non-hydrogen) atoms. The number of nitrogens with zero attached hydrogens (tertiary/aromatic N) is 4. The van der Waals surface area contributed by atoms with Gasteiger partial charge >= 0.3 is 0 Å². The quantitative estimate of drug-likeness (QED) is 0.525. The molecule has 0 saturated heterocycles. The molecule has 1 amide bonds. The molecule has 3 rings (SSSR count). The Balaban J connectivity index is 1.58. The molecule has 0 radical (unpaired) electrons. The molecule has 0 aliphatic heterocycles. The van der Waals surface area contributed by atoms with E-state index in [4.69, 9.17) is 4.74 Å². The summed E-state index contributed by atoms with van der Waals surface area (Å²) >= 11 is 1.28. The number of carbonyl (C=O) groups is 1. The van der Waals surface area contributed by atoms with Gasteiger partial charge in [-0.2, -0.15) is 4.68 Å². The van der Waals surface area contributed by atoms with Crippen molar-refractivity contribution in [1.29, 1.82) is 0 Å². The first kappa shape index (κ1) is 21.8. The van der Waals surface area contributed by atoms with Crippen LogP contribution in [0.3, 0.4) is 0 Å². The smallest absolute Gasteiger partial charge is 0.230 e. The van der Waals surface area contributed by atoms with E-state index in [1.54, 1.807) is 11.8 Å². The fraction of sp³-hybridized carbons (Fsp3) is 0.364. The molecule has 3 aromatic rings. The average Bonchev–Trinajstić information content (AvgIpc) is 3.20. The van der Waals surface area contributed by atoms with Crippen LogP contribution in [0.2, 0.25) is 0 Å². The number of nitrogens with one attached hydrogen (secondary N) is 1. The van der Waals surface area contributed by atoms with Crippen LogP contribution in [0.1, 0.15) is 37.9 Å². The molecular formula is C22H27N5O2S. The van der Waals surface area contributed by atoms with Crippen LogP contribution in [-0.2, 0) is 11.2 Å². The molecule has 0 aliphatic rings. The van der Waals surface area contributed by atoms with Crippen LogP contribution in [-0.4, -0.2) is 39.0 Å². The van der Waals surface area contributed by atoms with Gasteiger partial charge < -0.3 is 10.1 Å². The maximum absolute atomic E-state index is 12.5. The third kappa shape index (κ3) is 5.60. The Labute approximate surface area is 181 Å². The standard InChI is InChI=1S/C22H27N5O2S/c1-15(2)13-17-9-11-18(12-10-17)16(3)23-21(28)14-30-22-24-25-26-27(22)19-7-5-6-8-20(19)29-4/h5-12,15-16H,13-14H2,1-4H3,(H,23,28). The normalized spacial score (nSPS) is 12.0. The van der Waals surface area contributed by atoms with Crippen molar-refractivity contribution in [2.24, 2.45) is 5.92 Å². The number of amides is 1. The van der Waals surface area contributed by atoms with Crippen molar-refractivity contribution in [3.8, 4) is 11.4 Å². The van der Waals surface area contributed by atoms with Gasteiger partial charge in [-0.3, -0.25) is 4.79 Å². The molecule has 0 aliphatic carbocycles. The second-order valence-electron chi connectivity index (χ2n) is 7.46. The monoisotopic (exact) mass is 425 g/mol. The maximum Gasteiger partial charge on any atom is 0.230 e. The SMILES string of the molecule is COc1ccccc1-n1nnnc1SCC(=O)NC(C)c1ccc(CC(C)C)cc1. The van der Waals surface area contributed by atoms with Crippen LogP contribution in [0.4, 0.5) is 0 Å². The Morgan fingerprint density at radius 2 is 1.87 bits per heavy atom. The fourth-order valence-electron chi connectivity index (χ4n) is 3.14. The number of benzene rings is 2. The molecule has 1 atom stereocenters. The van der Waals surface area contributed by atoms with Gasteiger partial charge in [0, 0.05) is 0 Å². The topological polar surface area (TPSA) is 81.9 Å². The summed E-state index contributed by atoms with van der Waals surface area (Å²) < 4.78 is 6.95. The minimum atomic E-state index is -0.0756. The summed E-state index contributed by atoms with van der Waals surface area (Å²) in [4.78, 5) is 12.5. The minimum Gasteiger partial charge on any atom is -0.494 e. The number of rotatable bonds is 9. The number of aromatic nitrogens is 4. The lowest BCUT2D eigenvalue weighted by atomic mass is 10.00. The Morgan fingerprint density at radius 1 is 1.13 bits per heavy atom. The van der Waals surface area contributed by atoms with Crippen molar-refractivity contribution in [2.45, 2.75) is 38.4 Å². The van der Waals surface area contributed by atoms with Crippen LogP contribution in [0.5, 0.6) is 5.75 Å². The zero-order valence-electron chi connectivity index (χ0n) is 17.7. The number of ether oxygens (including phenoxy) is 1. The summed E-state index contributed by atoms with van der Waals surface area (Å²) in [6.07, 6.45) is 1.05. The second-order valence-corrected chi connectivity index (χ2v) is 8.41. The molecule has 1 unspecified atom stereocenters. The number of para-hydroxylation sites is 2. The summed E-state index contributed by atoms with van der Waals surface area (Å²) in [7, 11) is 1.60. The van der Waals surface area contributed by atoms with Gasteiger partial charge in [-0.15, -0.1) is 5.10 Å². The highest BCUT2D eigenvalue weighted by atomic mass is 32.2. The summed E-state index contributed by atoms with van der Waals surface area (Å²) in [5, 5.41) is 15.4. The van der Waals surface area contributed by atoms with Crippen molar-refractivity contribution < 1.29 is 9.53 Å². The van der Waals surface area contributed by atoms with Gasteiger partial charge in [0.1, 0.15) is 11.4 Å². The van der Waals surface area contributed by atoms with Gasteiger partial charge in [0.25, 0.3) is 0 Å². The minimum absolute atomic E-state index is 0.0728. The van der Waals surface area contributed by atoms with E-state index >= 15 is 0 Å². The third-order valence-corrected chi connectivity index (χ3v) is 5.51. The molecule has 0 bridgehead atoms. The molecular weight excluding hydrogens is 398 g/mol. The molecule has 1 aromatic heterocycles. The Morgan fingerprint density at radius 3 is 2.57 bits per heavy atom. The van der Waals surface area contributed by atoms with Gasteiger partial charge in [-0.1, -0.05) is 62.0 Å². The molecule has 0 fully saturated rings. The fourth-order valence-corrected chi connectivity index (χ4v) is 3.83. The van der Waals surface area contributed by atoms with Gasteiger partial charge in [-0.05, 0) is 52.9 Å². The molecule has 1 N–H and O–H groups in total. The van der Waals surface area contributed by atoms with Crippen LogP contribution in [0.15, 0.2) is 53.7 Å². The van der Waals surface area contributed by atoms with Gasteiger partial charge in [0.2, 0.25) is 11.1 Å². The Bertz CT molecular complexity index is 972. The van der Waals surface area contributed by atoms with E-state index in [2.05, 4.69) is 59.0 Å². The molecule has 1 heterocycles. The lowest BCUT2D eigenvalue weighted by Gasteiger charge is -2.15. The number of hydrogen-bond donors (Lipinski definition) is 1. The maximum atomic E-state index is 12.5. The van der Waals surface area contributed by atoms with Crippen molar-refractivity contribution in [3.63, 3.8) is 0 Å². The van der Waals surface area contributed by atoms with Crippen molar-refractivity contribution in [2.75, 3.05) is 12.9 Å². The highest BCUT2D eigenvalue weighted by molar-refractivity contribution is 7.99. The average molecular weight is 426 g/mol. The first-order valence-electron chi connectivity index (χ1n) is 9.90. The number of hydrogen-bond acceptors (Lipinski definition) is 6. The van der Waals surface area contributed by atoms with Crippen LogP contribution >= 0.6 is 11.8 Å². The number of carbonyl (C=O) groups excluding carboxylic acids is 1. The summed E-state index contributed by atoms with van der Waals surface area (Å²) in [5.74, 6) is 1.42. The van der Waals surface area contributed by atoms with Crippen molar-refractivity contribution in [3.05, 3.63) is 59.7 Å². The lowest BCUT2D eigenvalue weighted by molar-refractivity contribution is -0.119. The first-order valence-corrected chi connectivity index (χ1v) is 10.9. The molecule has 0 spiro atoms. The van der Waals surface area contributed by atoms with Gasteiger partial charge in [0.15, 0.2) is 0 Å². The van der Waals surface area contributed by atoms with E-state index in [9.17, 15) is 4.79 Å². The Kier molecular flexibility index (Phi) is 7.46. The van der Waals surface area contributed by atoms with Crippen LogP contribution in [0.25, 0.3) is 5.69 Å². The Hall–Kier alpha value is -2.87. The summed E-state index contributed by atoms with van der Waals surface area (Å²) in [6.45, 7) is 6.40. The highest BCUT2D eigenvalue weighted by Gasteiger charge is 2.16. The van der Waals surface area contributed by atoms with Gasteiger partial charge in [0.05, 0.1) is 18.9 Å².